The Labute approximate surface area is 87.5 Å². The predicted octanol–water partition coefficient (Wildman–Crippen LogP) is 1.53. The number of hydrogen-bond acceptors (Lipinski definition) is 5. The Kier molecular flexibility index (Phi) is 2.77. The van der Waals surface area contributed by atoms with Crippen molar-refractivity contribution < 1.29 is 0 Å². The molecule has 1 heterocycles. The fourth-order valence-corrected chi connectivity index (χ4v) is 2.44. The minimum atomic E-state index is 0.452. The quantitative estimate of drug-likeness (QED) is 0.584. The van der Waals surface area contributed by atoms with E-state index in [0.29, 0.717) is 16.8 Å². The van der Waals surface area contributed by atoms with E-state index < -0.39 is 0 Å². The largest absolute Gasteiger partial charge is 0.383 e. The molecule has 0 radical (unpaired) electrons. The molecule has 0 bridgehead atoms. The molecule has 1 aromatic heterocycles. The molecule has 1 saturated carbocycles. The van der Waals surface area contributed by atoms with Gasteiger partial charge in [0.2, 0.25) is 0 Å². The van der Waals surface area contributed by atoms with Gasteiger partial charge < -0.3 is 11.5 Å². The van der Waals surface area contributed by atoms with Gasteiger partial charge in [0.1, 0.15) is 11.6 Å². The molecular formula is C9H14N4S. The number of thioether (sulfide) groups is 1. The van der Waals surface area contributed by atoms with E-state index in [1.54, 1.807) is 17.8 Å². The summed E-state index contributed by atoms with van der Waals surface area (Å²) in [6.07, 6.45) is 4.04. The van der Waals surface area contributed by atoms with E-state index in [4.69, 9.17) is 11.5 Å². The molecule has 0 aromatic carbocycles. The van der Waals surface area contributed by atoms with Gasteiger partial charge in [0, 0.05) is 11.8 Å². The molecule has 14 heavy (non-hydrogen) atoms. The Bertz CT molecular complexity index is 304. The maximum Gasteiger partial charge on any atom is 0.191 e. The van der Waals surface area contributed by atoms with E-state index in [9.17, 15) is 0 Å². The molecule has 1 aliphatic carbocycles. The van der Waals surface area contributed by atoms with Crippen molar-refractivity contribution in [1.82, 2.24) is 9.97 Å². The standard InChI is InChI=1S/C9H14N4S/c10-7-4-8(11)13-9(12-7)14-5-6-2-1-3-6/h4,6H,1-3,5H2,(H4,10,11,12,13). The SMILES string of the molecule is Nc1cc(N)nc(SCC2CCC2)n1. The van der Waals surface area contributed by atoms with Gasteiger partial charge in [-0.05, 0) is 18.8 Å². The molecule has 0 amide bonds. The van der Waals surface area contributed by atoms with Crippen molar-refractivity contribution in [3.63, 3.8) is 0 Å². The van der Waals surface area contributed by atoms with Crippen molar-refractivity contribution in [2.24, 2.45) is 5.92 Å². The van der Waals surface area contributed by atoms with Crippen molar-refractivity contribution in [3.05, 3.63) is 6.07 Å². The van der Waals surface area contributed by atoms with Crippen LogP contribution in [0, 0.1) is 5.92 Å². The van der Waals surface area contributed by atoms with Gasteiger partial charge in [-0.15, -0.1) is 0 Å². The molecule has 0 aliphatic heterocycles. The number of nitrogens with two attached hydrogens (primary N) is 2. The Morgan fingerprint density at radius 2 is 1.93 bits per heavy atom. The maximum absolute atomic E-state index is 5.57. The highest BCUT2D eigenvalue weighted by Crippen LogP contribution is 2.31. The van der Waals surface area contributed by atoms with Gasteiger partial charge in [0.05, 0.1) is 0 Å². The van der Waals surface area contributed by atoms with E-state index in [-0.39, 0.29) is 0 Å². The predicted molar refractivity (Wildman–Crippen MR) is 58.9 cm³/mol. The Hall–Kier alpha value is -0.970. The van der Waals surface area contributed by atoms with Gasteiger partial charge in [-0.1, -0.05) is 18.2 Å². The Morgan fingerprint density at radius 1 is 1.29 bits per heavy atom. The number of nitrogens with zero attached hydrogens (tertiary/aromatic N) is 2. The first kappa shape index (κ1) is 9.58. The third kappa shape index (κ3) is 2.29. The second kappa shape index (κ2) is 4.04. The van der Waals surface area contributed by atoms with E-state index in [1.807, 2.05) is 0 Å². The van der Waals surface area contributed by atoms with Crippen LogP contribution in [-0.2, 0) is 0 Å². The molecule has 0 unspecified atom stereocenters. The third-order valence-electron chi connectivity index (χ3n) is 2.42. The fraction of sp³-hybridized carbons (Fsp3) is 0.556. The van der Waals surface area contributed by atoms with E-state index in [2.05, 4.69) is 9.97 Å². The lowest BCUT2D eigenvalue weighted by atomic mass is 9.87. The molecule has 0 atom stereocenters. The lowest BCUT2D eigenvalue weighted by Crippen LogP contribution is -2.13. The van der Waals surface area contributed by atoms with Gasteiger partial charge in [0.25, 0.3) is 0 Å². The summed E-state index contributed by atoms with van der Waals surface area (Å²) >= 11 is 1.65. The van der Waals surface area contributed by atoms with Gasteiger partial charge >= 0.3 is 0 Å². The van der Waals surface area contributed by atoms with Gasteiger partial charge in [-0.2, -0.15) is 0 Å². The van der Waals surface area contributed by atoms with Crippen LogP contribution in [0.4, 0.5) is 11.6 Å². The molecule has 4 nitrogen and oxygen atoms in total. The first-order valence-corrected chi connectivity index (χ1v) is 5.75. The minimum absolute atomic E-state index is 0.452. The van der Waals surface area contributed by atoms with E-state index >= 15 is 0 Å². The van der Waals surface area contributed by atoms with E-state index in [0.717, 1.165) is 11.7 Å². The first-order valence-electron chi connectivity index (χ1n) is 4.77. The lowest BCUT2D eigenvalue weighted by molar-refractivity contribution is 0.353. The summed E-state index contributed by atoms with van der Waals surface area (Å²) in [6, 6.07) is 1.58. The second-order valence-corrected chi connectivity index (χ2v) is 4.60. The topological polar surface area (TPSA) is 77.8 Å². The molecule has 0 saturated heterocycles. The highest BCUT2D eigenvalue weighted by molar-refractivity contribution is 7.99. The van der Waals surface area contributed by atoms with Crippen molar-refractivity contribution >= 4 is 23.4 Å². The van der Waals surface area contributed by atoms with Crippen molar-refractivity contribution in [3.8, 4) is 0 Å². The monoisotopic (exact) mass is 210 g/mol. The van der Waals surface area contributed by atoms with Crippen molar-refractivity contribution in [2.75, 3.05) is 17.2 Å². The molecule has 4 N–H and O–H groups in total. The van der Waals surface area contributed by atoms with Crippen LogP contribution in [0.2, 0.25) is 0 Å². The highest BCUT2D eigenvalue weighted by atomic mass is 32.2. The number of hydrogen-bond donors (Lipinski definition) is 2. The zero-order valence-electron chi connectivity index (χ0n) is 7.94. The van der Waals surface area contributed by atoms with E-state index in [1.165, 1.54) is 19.3 Å². The van der Waals surface area contributed by atoms with Crippen LogP contribution in [0.1, 0.15) is 19.3 Å². The number of nitrogen functional groups attached to an aromatic ring is 2. The van der Waals surface area contributed by atoms with Crippen LogP contribution < -0.4 is 11.5 Å². The summed E-state index contributed by atoms with van der Waals surface area (Å²) in [5, 5.41) is 0.703. The summed E-state index contributed by atoms with van der Waals surface area (Å²) in [5.74, 6) is 2.83. The van der Waals surface area contributed by atoms with Crippen molar-refractivity contribution in [1.29, 1.82) is 0 Å². The summed E-state index contributed by atoms with van der Waals surface area (Å²) in [6.45, 7) is 0. The Morgan fingerprint density at radius 3 is 2.43 bits per heavy atom. The van der Waals surface area contributed by atoms with Crippen LogP contribution in [0.25, 0.3) is 0 Å². The smallest absolute Gasteiger partial charge is 0.191 e. The zero-order chi connectivity index (χ0) is 9.97. The lowest BCUT2D eigenvalue weighted by Gasteiger charge is -2.24. The number of anilines is 2. The number of rotatable bonds is 3. The molecule has 2 rings (SSSR count). The minimum Gasteiger partial charge on any atom is -0.383 e. The van der Waals surface area contributed by atoms with Gasteiger partial charge in [-0.25, -0.2) is 9.97 Å². The van der Waals surface area contributed by atoms with Gasteiger partial charge in [-0.3, -0.25) is 0 Å². The molecule has 5 heteroatoms. The Balaban J connectivity index is 1.94. The molecular weight excluding hydrogens is 196 g/mol. The number of aromatic nitrogens is 2. The summed E-state index contributed by atoms with van der Waals surface area (Å²) in [7, 11) is 0. The highest BCUT2D eigenvalue weighted by Gasteiger charge is 2.17. The van der Waals surface area contributed by atoms with Crippen LogP contribution in [0.15, 0.2) is 11.2 Å². The van der Waals surface area contributed by atoms with Crippen LogP contribution in [0.3, 0.4) is 0 Å². The maximum atomic E-state index is 5.57. The molecule has 76 valence electrons. The molecule has 1 fully saturated rings. The summed E-state index contributed by atoms with van der Waals surface area (Å²) < 4.78 is 0. The fourth-order valence-electron chi connectivity index (χ4n) is 1.38. The van der Waals surface area contributed by atoms with Crippen molar-refractivity contribution in [2.45, 2.75) is 24.4 Å². The average Bonchev–Trinajstić information content (AvgIpc) is 1.99. The normalized spacial score (nSPS) is 16.6. The van der Waals surface area contributed by atoms with Gasteiger partial charge in [0.15, 0.2) is 5.16 Å². The molecule has 1 aliphatic rings. The summed E-state index contributed by atoms with van der Waals surface area (Å²) in [5.41, 5.74) is 11.1. The first-order chi connectivity index (χ1) is 6.74. The summed E-state index contributed by atoms with van der Waals surface area (Å²) in [4.78, 5) is 8.23. The van der Waals surface area contributed by atoms with Crippen LogP contribution in [-0.4, -0.2) is 15.7 Å². The second-order valence-electron chi connectivity index (χ2n) is 3.61. The van der Waals surface area contributed by atoms with Crippen LogP contribution >= 0.6 is 11.8 Å². The molecule has 1 aromatic rings. The molecule has 0 spiro atoms. The zero-order valence-corrected chi connectivity index (χ0v) is 8.76. The third-order valence-corrected chi connectivity index (χ3v) is 3.50. The van der Waals surface area contributed by atoms with Crippen LogP contribution in [0.5, 0.6) is 0 Å². The average molecular weight is 210 g/mol.